The van der Waals surface area contributed by atoms with E-state index in [1.54, 1.807) is 7.11 Å². The Hall–Kier alpha value is -1.88. The molecule has 1 aliphatic heterocycles. The molecule has 1 amide bonds. The molecular formula is C17H23N3O2. The van der Waals surface area contributed by atoms with Gasteiger partial charge in [-0.05, 0) is 25.0 Å². The molecule has 5 heteroatoms. The third-order valence-corrected chi connectivity index (χ3v) is 4.55. The number of benzene rings is 1. The average molecular weight is 301 g/mol. The number of hydrogen-bond acceptors (Lipinski definition) is 3. The summed E-state index contributed by atoms with van der Waals surface area (Å²) >= 11 is 0. The minimum absolute atomic E-state index is 0.199. The van der Waals surface area contributed by atoms with Gasteiger partial charge in [0.25, 0.3) is 0 Å². The summed E-state index contributed by atoms with van der Waals surface area (Å²) in [6.45, 7) is 2.14. The first-order valence-electron chi connectivity index (χ1n) is 7.88. The van der Waals surface area contributed by atoms with Crippen molar-refractivity contribution < 1.29 is 9.53 Å². The average Bonchev–Trinajstić information content (AvgIpc) is 2.90. The number of piperidine rings is 1. The number of nitrogens with zero attached hydrogens (tertiary/aromatic N) is 3. The maximum atomic E-state index is 12.0. The zero-order valence-corrected chi connectivity index (χ0v) is 13.3. The van der Waals surface area contributed by atoms with Crippen LogP contribution in [0, 0.1) is 0 Å². The van der Waals surface area contributed by atoms with Crippen LogP contribution in [0.5, 0.6) is 0 Å². The number of likely N-dealkylation sites (tertiary alicyclic amines) is 1. The quantitative estimate of drug-likeness (QED) is 0.870. The molecule has 2 heterocycles. The Morgan fingerprint density at radius 1 is 1.32 bits per heavy atom. The number of aryl methyl sites for hydroxylation is 1. The van der Waals surface area contributed by atoms with Gasteiger partial charge in [-0.25, -0.2) is 4.98 Å². The van der Waals surface area contributed by atoms with Crippen LogP contribution in [0.2, 0.25) is 0 Å². The molecule has 0 N–H and O–H groups in total. The van der Waals surface area contributed by atoms with Crippen molar-refractivity contribution in [2.75, 3.05) is 26.8 Å². The van der Waals surface area contributed by atoms with Gasteiger partial charge in [0.15, 0.2) is 0 Å². The predicted octanol–water partition coefficient (Wildman–Crippen LogP) is 2.32. The lowest BCUT2D eigenvalue weighted by molar-refractivity contribution is -0.133. The first-order chi connectivity index (χ1) is 10.7. The molecule has 0 bridgehead atoms. The molecule has 118 valence electrons. The molecule has 0 aliphatic carbocycles. The fraction of sp³-hybridized carbons (Fsp3) is 0.529. The largest absolute Gasteiger partial charge is 0.384 e. The van der Waals surface area contributed by atoms with Gasteiger partial charge < -0.3 is 14.2 Å². The third-order valence-electron chi connectivity index (χ3n) is 4.55. The number of imidazole rings is 1. The molecule has 1 aliphatic rings. The number of fused-ring (bicyclic) bond motifs is 1. The zero-order chi connectivity index (χ0) is 15.5. The molecular weight excluding hydrogens is 278 g/mol. The highest BCUT2D eigenvalue weighted by Gasteiger charge is 2.26. The van der Waals surface area contributed by atoms with Crippen LogP contribution in [0.1, 0.15) is 31.0 Å². The van der Waals surface area contributed by atoms with Gasteiger partial charge in [-0.1, -0.05) is 12.1 Å². The summed E-state index contributed by atoms with van der Waals surface area (Å²) in [4.78, 5) is 18.8. The predicted molar refractivity (Wildman–Crippen MR) is 85.8 cm³/mol. The van der Waals surface area contributed by atoms with E-state index in [2.05, 4.69) is 23.7 Å². The summed E-state index contributed by atoms with van der Waals surface area (Å²) in [5.74, 6) is 1.78. The van der Waals surface area contributed by atoms with Crippen LogP contribution in [0.4, 0.5) is 0 Å². The summed E-state index contributed by atoms with van der Waals surface area (Å²) < 4.78 is 7.18. The number of carbonyl (C=O) groups excluding carboxylic acids is 1. The van der Waals surface area contributed by atoms with Gasteiger partial charge >= 0.3 is 0 Å². The summed E-state index contributed by atoms with van der Waals surface area (Å²) in [6.07, 6.45) is 2.44. The lowest BCUT2D eigenvalue weighted by Gasteiger charge is -2.31. The fourth-order valence-corrected chi connectivity index (χ4v) is 3.26. The van der Waals surface area contributed by atoms with E-state index in [1.165, 1.54) is 5.52 Å². The van der Waals surface area contributed by atoms with Crippen LogP contribution in [-0.2, 0) is 16.6 Å². The number of carbonyl (C=O) groups is 1. The van der Waals surface area contributed by atoms with Crippen LogP contribution < -0.4 is 0 Å². The number of amides is 1. The van der Waals surface area contributed by atoms with Gasteiger partial charge in [-0.15, -0.1) is 0 Å². The second-order valence-corrected chi connectivity index (χ2v) is 5.92. The van der Waals surface area contributed by atoms with Crippen LogP contribution in [0.15, 0.2) is 24.3 Å². The van der Waals surface area contributed by atoms with Gasteiger partial charge in [0.1, 0.15) is 5.82 Å². The Labute approximate surface area is 130 Å². The molecule has 0 spiro atoms. The SMILES string of the molecule is COCCC(=O)N1CCC(c2nc3ccccc3n2C)CC1. The molecule has 1 fully saturated rings. The third kappa shape index (κ3) is 2.86. The standard InChI is InChI=1S/C17H23N3O2/c1-19-15-6-4-3-5-14(15)18-17(19)13-7-10-20(11-8-13)16(21)9-12-22-2/h3-6,13H,7-12H2,1-2H3. The van der Waals surface area contributed by atoms with Crippen molar-refractivity contribution in [2.24, 2.45) is 7.05 Å². The Balaban J connectivity index is 1.68. The molecule has 0 unspecified atom stereocenters. The monoisotopic (exact) mass is 301 g/mol. The van der Waals surface area contributed by atoms with Gasteiger partial charge in [0, 0.05) is 33.2 Å². The smallest absolute Gasteiger partial charge is 0.224 e. The van der Waals surface area contributed by atoms with Crippen LogP contribution in [-0.4, -0.2) is 47.2 Å². The lowest BCUT2D eigenvalue weighted by atomic mass is 9.95. The minimum atomic E-state index is 0.199. The van der Waals surface area contributed by atoms with Gasteiger partial charge in [0.05, 0.1) is 24.1 Å². The van der Waals surface area contributed by atoms with Crippen molar-refractivity contribution in [3.05, 3.63) is 30.1 Å². The normalized spacial score (nSPS) is 16.4. The van der Waals surface area contributed by atoms with E-state index in [4.69, 9.17) is 9.72 Å². The van der Waals surface area contributed by atoms with E-state index in [0.717, 1.165) is 37.3 Å². The fourth-order valence-electron chi connectivity index (χ4n) is 3.26. The molecule has 1 aromatic carbocycles. The molecule has 1 aromatic heterocycles. The van der Waals surface area contributed by atoms with Gasteiger partial charge in [0.2, 0.25) is 5.91 Å². The van der Waals surface area contributed by atoms with Crippen LogP contribution in [0.3, 0.4) is 0 Å². The number of aromatic nitrogens is 2. The Morgan fingerprint density at radius 2 is 2.05 bits per heavy atom. The van der Waals surface area contributed by atoms with E-state index >= 15 is 0 Å². The molecule has 5 nitrogen and oxygen atoms in total. The Kier molecular flexibility index (Phi) is 4.43. The maximum Gasteiger partial charge on any atom is 0.224 e. The van der Waals surface area contributed by atoms with E-state index in [-0.39, 0.29) is 5.91 Å². The first kappa shape index (κ1) is 15.0. The van der Waals surface area contributed by atoms with Crippen molar-refractivity contribution in [3.8, 4) is 0 Å². The van der Waals surface area contributed by atoms with Gasteiger partial charge in [-0.3, -0.25) is 4.79 Å². The zero-order valence-electron chi connectivity index (χ0n) is 13.3. The van der Waals surface area contributed by atoms with Crippen molar-refractivity contribution >= 4 is 16.9 Å². The second-order valence-electron chi connectivity index (χ2n) is 5.92. The topological polar surface area (TPSA) is 47.4 Å². The summed E-state index contributed by atoms with van der Waals surface area (Å²) in [7, 11) is 3.71. The van der Waals surface area contributed by atoms with Crippen molar-refractivity contribution in [1.29, 1.82) is 0 Å². The molecule has 0 atom stereocenters. The van der Waals surface area contributed by atoms with E-state index < -0.39 is 0 Å². The van der Waals surface area contributed by atoms with Gasteiger partial charge in [-0.2, -0.15) is 0 Å². The number of para-hydroxylation sites is 2. The first-order valence-corrected chi connectivity index (χ1v) is 7.88. The summed E-state index contributed by atoms with van der Waals surface area (Å²) in [5.41, 5.74) is 2.23. The number of rotatable bonds is 4. The highest BCUT2D eigenvalue weighted by molar-refractivity contribution is 5.77. The number of hydrogen-bond donors (Lipinski definition) is 0. The van der Waals surface area contributed by atoms with Crippen molar-refractivity contribution in [1.82, 2.24) is 14.5 Å². The molecule has 22 heavy (non-hydrogen) atoms. The molecule has 0 saturated carbocycles. The summed E-state index contributed by atoms with van der Waals surface area (Å²) in [5, 5.41) is 0. The number of methoxy groups -OCH3 is 1. The number of ether oxygens (including phenoxy) is 1. The minimum Gasteiger partial charge on any atom is -0.384 e. The van der Waals surface area contributed by atoms with E-state index in [9.17, 15) is 4.79 Å². The highest BCUT2D eigenvalue weighted by atomic mass is 16.5. The van der Waals surface area contributed by atoms with Crippen molar-refractivity contribution in [2.45, 2.75) is 25.2 Å². The lowest BCUT2D eigenvalue weighted by Crippen LogP contribution is -2.38. The Bertz CT molecular complexity index is 657. The molecule has 3 rings (SSSR count). The molecule has 1 saturated heterocycles. The van der Waals surface area contributed by atoms with E-state index in [0.29, 0.717) is 18.9 Å². The Morgan fingerprint density at radius 3 is 2.73 bits per heavy atom. The van der Waals surface area contributed by atoms with Crippen molar-refractivity contribution in [3.63, 3.8) is 0 Å². The maximum absolute atomic E-state index is 12.0. The van der Waals surface area contributed by atoms with Crippen LogP contribution in [0.25, 0.3) is 11.0 Å². The highest BCUT2D eigenvalue weighted by Crippen LogP contribution is 2.29. The molecule has 0 radical (unpaired) electrons. The molecule has 2 aromatic rings. The second kappa shape index (κ2) is 6.48. The van der Waals surface area contributed by atoms with Crippen LogP contribution >= 0.6 is 0 Å². The van der Waals surface area contributed by atoms with E-state index in [1.807, 2.05) is 17.0 Å². The summed E-state index contributed by atoms with van der Waals surface area (Å²) in [6, 6.07) is 8.23.